The zero-order valence-electron chi connectivity index (χ0n) is 6.61. The van der Waals surface area contributed by atoms with Gasteiger partial charge in [-0.1, -0.05) is 6.07 Å². The summed E-state index contributed by atoms with van der Waals surface area (Å²) < 4.78 is 30.1. The second-order valence-electron chi connectivity index (χ2n) is 2.36. The van der Waals surface area contributed by atoms with Crippen molar-refractivity contribution in [2.75, 3.05) is 0 Å². The number of nitrogens with zero attached hydrogens (tertiary/aromatic N) is 1. The third-order valence-corrected chi connectivity index (χ3v) is 2.97. The van der Waals surface area contributed by atoms with Crippen LogP contribution < -0.4 is 0 Å². The Morgan fingerprint density at radius 1 is 1.43 bits per heavy atom. The Kier molecular flexibility index (Phi) is 2.79. The van der Waals surface area contributed by atoms with Crippen molar-refractivity contribution in [3.8, 4) is 0 Å². The Balaban J connectivity index is 3.51. The maximum atomic E-state index is 10.7. The molecular weight excluding hydrogens is 230 g/mol. The number of rotatable bonds is 2. The zero-order valence-corrected chi connectivity index (χ0v) is 8.33. The molecule has 0 atom stereocenters. The summed E-state index contributed by atoms with van der Waals surface area (Å²) in [6.45, 7) is 0. The fraction of sp³-hybridized carbons (Fsp3) is 0. The first-order valence-corrected chi connectivity index (χ1v) is 5.16. The molecule has 8 heteroatoms. The molecule has 1 rings (SSSR count). The Morgan fingerprint density at radius 3 is 2.43 bits per heavy atom. The Bertz CT molecular complexity index is 481. The lowest BCUT2D eigenvalue weighted by Gasteiger charge is -2.00. The van der Waals surface area contributed by atoms with Crippen LogP contribution in [0.15, 0.2) is 28.0 Å². The number of thiol groups is 1. The van der Waals surface area contributed by atoms with Crippen molar-refractivity contribution in [2.45, 2.75) is 9.79 Å². The fourth-order valence-electron chi connectivity index (χ4n) is 0.866. The van der Waals surface area contributed by atoms with Gasteiger partial charge < -0.3 is 0 Å². The summed E-state index contributed by atoms with van der Waals surface area (Å²) in [6, 6.07) is 3.28. The van der Waals surface area contributed by atoms with Gasteiger partial charge in [-0.25, -0.2) is 0 Å². The molecule has 76 valence electrons. The first-order chi connectivity index (χ1) is 6.34. The maximum absolute atomic E-state index is 10.7. The summed E-state index contributed by atoms with van der Waals surface area (Å²) in [5.41, 5.74) is -0.469. The van der Waals surface area contributed by atoms with E-state index in [0.29, 0.717) is 0 Å². The standard InChI is InChI=1S/C6H5NO5S2/c8-7(9)4-2-1-3-5(6(4)13)14(10,11)12/h1-3,13H,(H,10,11,12). The van der Waals surface area contributed by atoms with Gasteiger partial charge in [0, 0.05) is 6.07 Å². The monoisotopic (exact) mass is 235 g/mol. The van der Waals surface area contributed by atoms with Gasteiger partial charge in [0.15, 0.2) is 0 Å². The Hall–Kier alpha value is -1.12. The van der Waals surface area contributed by atoms with Gasteiger partial charge in [-0.15, -0.1) is 12.6 Å². The summed E-state index contributed by atoms with van der Waals surface area (Å²) >= 11 is 3.66. The van der Waals surface area contributed by atoms with E-state index >= 15 is 0 Å². The van der Waals surface area contributed by atoms with Gasteiger partial charge >= 0.3 is 0 Å². The van der Waals surface area contributed by atoms with Crippen LogP contribution in [0.3, 0.4) is 0 Å². The molecule has 6 nitrogen and oxygen atoms in total. The van der Waals surface area contributed by atoms with E-state index < -0.39 is 25.6 Å². The minimum Gasteiger partial charge on any atom is -0.282 e. The number of nitro benzene ring substituents is 1. The molecule has 0 radical (unpaired) electrons. The molecule has 0 aliphatic heterocycles. The molecule has 0 fully saturated rings. The lowest BCUT2D eigenvalue weighted by molar-refractivity contribution is -0.388. The highest BCUT2D eigenvalue weighted by Crippen LogP contribution is 2.28. The lowest BCUT2D eigenvalue weighted by Crippen LogP contribution is -2.01. The molecule has 1 N–H and O–H groups in total. The van der Waals surface area contributed by atoms with Crippen LogP contribution in [0.1, 0.15) is 0 Å². The van der Waals surface area contributed by atoms with E-state index in [0.717, 1.165) is 18.2 Å². The van der Waals surface area contributed by atoms with Crippen LogP contribution in [0.2, 0.25) is 0 Å². The molecule has 0 aliphatic rings. The summed E-state index contributed by atoms with van der Waals surface area (Å²) in [6.07, 6.45) is 0. The van der Waals surface area contributed by atoms with Gasteiger partial charge in [0.05, 0.1) is 4.92 Å². The maximum Gasteiger partial charge on any atom is 0.295 e. The first kappa shape index (κ1) is 11.0. The summed E-state index contributed by atoms with van der Waals surface area (Å²) in [4.78, 5) is 8.65. The normalized spacial score (nSPS) is 11.3. The molecule has 0 spiro atoms. The molecule has 0 amide bonds. The van der Waals surface area contributed by atoms with Crippen LogP contribution in [-0.4, -0.2) is 17.9 Å². The molecule has 0 aliphatic carbocycles. The van der Waals surface area contributed by atoms with E-state index in [4.69, 9.17) is 4.55 Å². The van der Waals surface area contributed by atoms with Crippen molar-refractivity contribution >= 4 is 28.4 Å². The van der Waals surface area contributed by atoms with Crippen molar-refractivity contribution in [2.24, 2.45) is 0 Å². The van der Waals surface area contributed by atoms with E-state index in [1.807, 2.05) is 0 Å². The van der Waals surface area contributed by atoms with Crippen molar-refractivity contribution in [1.29, 1.82) is 0 Å². The van der Waals surface area contributed by atoms with E-state index in [2.05, 4.69) is 12.6 Å². The van der Waals surface area contributed by atoms with Gasteiger partial charge in [-0.3, -0.25) is 14.7 Å². The minimum atomic E-state index is -4.47. The van der Waals surface area contributed by atoms with Crippen LogP contribution in [0.4, 0.5) is 5.69 Å². The van der Waals surface area contributed by atoms with Crippen molar-refractivity contribution < 1.29 is 17.9 Å². The average molecular weight is 235 g/mol. The second kappa shape index (κ2) is 3.56. The van der Waals surface area contributed by atoms with Gasteiger partial charge in [0.25, 0.3) is 15.8 Å². The SMILES string of the molecule is O=[N+]([O-])c1cccc(S(=O)(=O)O)c1S. The largest absolute Gasteiger partial charge is 0.295 e. The minimum absolute atomic E-state index is 0.375. The van der Waals surface area contributed by atoms with Crippen LogP contribution in [-0.2, 0) is 10.1 Å². The number of benzene rings is 1. The summed E-state index contributed by atoms with van der Waals surface area (Å²) in [7, 11) is -4.47. The third-order valence-electron chi connectivity index (χ3n) is 1.45. The molecule has 0 saturated carbocycles. The topological polar surface area (TPSA) is 97.5 Å². The third kappa shape index (κ3) is 2.03. The lowest BCUT2D eigenvalue weighted by atomic mass is 10.3. The highest BCUT2D eigenvalue weighted by Gasteiger charge is 2.21. The van der Waals surface area contributed by atoms with E-state index in [1.165, 1.54) is 0 Å². The van der Waals surface area contributed by atoms with Gasteiger partial charge in [0.2, 0.25) is 0 Å². The Labute approximate surface area is 84.9 Å². The van der Waals surface area contributed by atoms with Crippen LogP contribution >= 0.6 is 12.6 Å². The van der Waals surface area contributed by atoms with Crippen LogP contribution in [0, 0.1) is 10.1 Å². The highest BCUT2D eigenvalue weighted by atomic mass is 32.2. The molecule has 1 aromatic rings. The average Bonchev–Trinajstić information content (AvgIpc) is 2.01. The molecule has 0 saturated heterocycles. The van der Waals surface area contributed by atoms with Crippen molar-refractivity contribution in [3.63, 3.8) is 0 Å². The molecule has 0 aromatic heterocycles. The number of hydrogen-bond donors (Lipinski definition) is 2. The predicted octanol–water partition coefficient (Wildman–Crippen LogP) is 1.13. The zero-order chi connectivity index (χ0) is 10.9. The molecule has 0 bridgehead atoms. The second-order valence-corrected chi connectivity index (χ2v) is 4.19. The van der Waals surface area contributed by atoms with Gasteiger partial charge in [0.1, 0.15) is 9.79 Å². The van der Waals surface area contributed by atoms with Crippen LogP contribution in [0.25, 0.3) is 0 Å². The smallest absolute Gasteiger partial charge is 0.282 e. The van der Waals surface area contributed by atoms with E-state index in [-0.39, 0.29) is 4.90 Å². The molecular formula is C6H5NO5S2. The first-order valence-electron chi connectivity index (χ1n) is 3.28. The number of nitro groups is 1. The molecule has 0 unspecified atom stereocenters. The quantitative estimate of drug-likeness (QED) is 0.346. The summed E-state index contributed by atoms with van der Waals surface area (Å²) in [5, 5.41) is 10.4. The van der Waals surface area contributed by atoms with Gasteiger partial charge in [-0.2, -0.15) is 8.42 Å². The van der Waals surface area contributed by atoms with Crippen molar-refractivity contribution in [1.82, 2.24) is 0 Å². The fourth-order valence-corrected chi connectivity index (χ4v) is 2.04. The predicted molar refractivity (Wildman–Crippen MR) is 50.2 cm³/mol. The highest BCUT2D eigenvalue weighted by molar-refractivity contribution is 7.87. The molecule has 14 heavy (non-hydrogen) atoms. The molecule has 1 aromatic carbocycles. The molecule has 0 heterocycles. The van der Waals surface area contributed by atoms with Crippen molar-refractivity contribution in [3.05, 3.63) is 28.3 Å². The number of hydrogen-bond acceptors (Lipinski definition) is 5. The van der Waals surface area contributed by atoms with Crippen LogP contribution in [0.5, 0.6) is 0 Å². The van der Waals surface area contributed by atoms with Gasteiger partial charge in [-0.05, 0) is 6.07 Å². The van der Waals surface area contributed by atoms with E-state index in [1.54, 1.807) is 0 Å². The Morgan fingerprint density at radius 2 is 2.00 bits per heavy atom. The van der Waals surface area contributed by atoms with E-state index in [9.17, 15) is 18.5 Å². The summed E-state index contributed by atoms with van der Waals surface area (Å²) in [5.74, 6) is 0.